The number of amides is 1. The van der Waals surface area contributed by atoms with E-state index in [1.165, 1.54) is 6.07 Å². The average molecular weight is 297 g/mol. The Balaban J connectivity index is 1.73. The van der Waals surface area contributed by atoms with Crippen LogP contribution in [-0.4, -0.2) is 5.91 Å². The van der Waals surface area contributed by atoms with Crippen LogP contribution in [0.1, 0.15) is 17.7 Å². The van der Waals surface area contributed by atoms with Crippen molar-refractivity contribution in [3.8, 4) is 0 Å². The predicted octanol–water partition coefficient (Wildman–Crippen LogP) is 3.27. The number of aryl methyl sites for hydroxylation is 2. The Morgan fingerprint density at radius 2 is 2.09 bits per heavy atom. The van der Waals surface area contributed by atoms with E-state index >= 15 is 0 Å². The summed E-state index contributed by atoms with van der Waals surface area (Å²) >= 11 is 0. The lowest BCUT2D eigenvalue weighted by Gasteiger charge is -2.06. The van der Waals surface area contributed by atoms with Gasteiger partial charge in [-0.1, -0.05) is 0 Å². The maximum atomic E-state index is 11.9. The second kappa shape index (κ2) is 5.89. The monoisotopic (exact) mass is 297 g/mol. The molecule has 5 heteroatoms. The van der Waals surface area contributed by atoms with Gasteiger partial charge in [0.05, 0.1) is 6.26 Å². The molecule has 0 aliphatic rings. The molecule has 0 aliphatic heterocycles. The lowest BCUT2D eigenvalue weighted by atomic mass is 10.1. The van der Waals surface area contributed by atoms with Gasteiger partial charge in [0.15, 0.2) is 0 Å². The van der Waals surface area contributed by atoms with Gasteiger partial charge in [0.25, 0.3) is 0 Å². The van der Waals surface area contributed by atoms with Crippen molar-refractivity contribution in [3.63, 3.8) is 0 Å². The van der Waals surface area contributed by atoms with Gasteiger partial charge in [0, 0.05) is 36.0 Å². The number of carbonyl (C=O) groups is 1. The molecule has 0 saturated heterocycles. The first-order chi connectivity index (χ1) is 10.6. The molecule has 3 aromatic rings. The van der Waals surface area contributed by atoms with E-state index in [0.29, 0.717) is 24.1 Å². The van der Waals surface area contributed by atoms with E-state index in [1.54, 1.807) is 24.5 Å². The smallest absolute Gasteiger partial charge is 0.336 e. The summed E-state index contributed by atoms with van der Waals surface area (Å²) < 4.78 is 10.4. The van der Waals surface area contributed by atoms with Crippen LogP contribution in [0, 0.1) is 6.92 Å². The summed E-state index contributed by atoms with van der Waals surface area (Å²) in [6.45, 7) is 1.85. The van der Waals surface area contributed by atoms with Crippen molar-refractivity contribution in [1.82, 2.24) is 0 Å². The minimum Gasteiger partial charge on any atom is -0.469 e. The Morgan fingerprint density at radius 1 is 1.23 bits per heavy atom. The second-order valence-corrected chi connectivity index (χ2v) is 5.09. The standard InChI is InChI=1S/C17H15NO4/c1-11-9-17(20)22-15-10-12(4-6-14(11)15)18-16(19)7-5-13-3-2-8-21-13/h2-4,6,8-10H,5,7H2,1H3,(H,18,19). The maximum Gasteiger partial charge on any atom is 0.336 e. The zero-order valence-corrected chi connectivity index (χ0v) is 12.1. The van der Waals surface area contributed by atoms with Gasteiger partial charge in [-0.05, 0) is 36.8 Å². The third-order valence-electron chi connectivity index (χ3n) is 3.41. The van der Waals surface area contributed by atoms with Crippen molar-refractivity contribution >= 4 is 22.6 Å². The van der Waals surface area contributed by atoms with Crippen LogP contribution in [0.15, 0.2) is 56.3 Å². The summed E-state index contributed by atoms with van der Waals surface area (Å²) in [5.74, 6) is 0.654. The lowest BCUT2D eigenvalue weighted by molar-refractivity contribution is -0.116. The SMILES string of the molecule is Cc1cc(=O)oc2cc(NC(=O)CCc3ccco3)ccc12. The summed E-state index contributed by atoms with van der Waals surface area (Å²) in [4.78, 5) is 23.3. The molecule has 0 radical (unpaired) electrons. The fourth-order valence-corrected chi connectivity index (χ4v) is 2.32. The number of benzene rings is 1. The van der Waals surface area contributed by atoms with Gasteiger partial charge >= 0.3 is 5.63 Å². The van der Waals surface area contributed by atoms with E-state index in [4.69, 9.17) is 8.83 Å². The number of carbonyl (C=O) groups excluding carboxylic acids is 1. The van der Waals surface area contributed by atoms with Crippen molar-refractivity contribution in [3.05, 3.63) is 64.4 Å². The first-order valence-corrected chi connectivity index (χ1v) is 6.98. The van der Waals surface area contributed by atoms with Crippen molar-refractivity contribution in [2.75, 3.05) is 5.32 Å². The van der Waals surface area contributed by atoms with Crippen molar-refractivity contribution < 1.29 is 13.6 Å². The number of fused-ring (bicyclic) bond motifs is 1. The fourth-order valence-electron chi connectivity index (χ4n) is 2.32. The summed E-state index contributed by atoms with van der Waals surface area (Å²) in [6, 6.07) is 10.4. The molecule has 0 bridgehead atoms. The average Bonchev–Trinajstić information content (AvgIpc) is 2.98. The Hall–Kier alpha value is -2.82. The van der Waals surface area contributed by atoms with Gasteiger partial charge in [-0.15, -0.1) is 0 Å². The van der Waals surface area contributed by atoms with Crippen molar-refractivity contribution in [2.24, 2.45) is 0 Å². The second-order valence-electron chi connectivity index (χ2n) is 5.09. The Kier molecular flexibility index (Phi) is 3.78. The molecule has 2 heterocycles. The molecule has 1 amide bonds. The van der Waals surface area contributed by atoms with E-state index in [1.807, 2.05) is 19.1 Å². The lowest BCUT2D eigenvalue weighted by Crippen LogP contribution is -2.12. The van der Waals surface area contributed by atoms with E-state index < -0.39 is 5.63 Å². The highest BCUT2D eigenvalue weighted by Gasteiger charge is 2.07. The van der Waals surface area contributed by atoms with Crippen LogP contribution in [0.2, 0.25) is 0 Å². The summed E-state index contributed by atoms with van der Waals surface area (Å²) in [6.07, 6.45) is 2.45. The Morgan fingerprint density at radius 3 is 2.86 bits per heavy atom. The highest BCUT2D eigenvalue weighted by Crippen LogP contribution is 2.21. The molecular formula is C17H15NO4. The van der Waals surface area contributed by atoms with Crippen LogP contribution >= 0.6 is 0 Å². The fraction of sp³-hybridized carbons (Fsp3) is 0.176. The molecule has 22 heavy (non-hydrogen) atoms. The molecular weight excluding hydrogens is 282 g/mol. The Labute approximate surface area is 126 Å². The molecule has 2 aromatic heterocycles. The summed E-state index contributed by atoms with van der Waals surface area (Å²) in [5.41, 5.74) is 1.52. The summed E-state index contributed by atoms with van der Waals surface area (Å²) in [7, 11) is 0. The third kappa shape index (κ3) is 3.09. The highest BCUT2D eigenvalue weighted by atomic mass is 16.4. The molecule has 0 atom stereocenters. The maximum absolute atomic E-state index is 11.9. The van der Waals surface area contributed by atoms with Crippen LogP contribution in [0.3, 0.4) is 0 Å². The van der Waals surface area contributed by atoms with Crippen LogP contribution in [0.25, 0.3) is 11.0 Å². The quantitative estimate of drug-likeness (QED) is 0.750. The van der Waals surface area contributed by atoms with Crippen molar-refractivity contribution in [2.45, 2.75) is 19.8 Å². The van der Waals surface area contributed by atoms with E-state index in [9.17, 15) is 9.59 Å². The van der Waals surface area contributed by atoms with Gasteiger partial charge in [0.2, 0.25) is 5.91 Å². The number of hydrogen-bond acceptors (Lipinski definition) is 4. The van der Waals surface area contributed by atoms with Crippen molar-refractivity contribution in [1.29, 1.82) is 0 Å². The molecule has 0 unspecified atom stereocenters. The van der Waals surface area contributed by atoms with Gasteiger partial charge in [0.1, 0.15) is 11.3 Å². The number of hydrogen-bond donors (Lipinski definition) is 1. The van der Waals surface area contributed by atoms with Gasteiger partial charge < -0.3 is 14.2 Å². The highest BCUT2D eigenvalue weighted by molar-refractivity contribution is 5.93. The van der Waals surface area contributed by atoms with Crippen LogP contribution < -0.4 is 10.9 Å². The zero-order chi connectivity index (χ0) is 15.5. The molecule has 0 spiro atoms. The number of rotatable bonds is 4. The molecule has 0 fully saturated rings. The zero-order valence-electron chi connectivity index (χ0n) is 12.1. The van der Waals surface area contributed by atoms with Crippen LogP contribution in [-0.2, 0) is 11.2 Å². The van der Waals surface area contributed by atoms with Gasteiger partial charge in [-0.2, -0.15) is 0 Å². The molecule has 1 aromatic carbocycles. The van der Waals surface area contributed by atoms with E-state index in [0.717, 1.165) is 16.7 Å². The number of anilines is 1. The molecule has 112 valence electrons. The van der Waals surface area contributed by atoms with E-state index in [2.05, 4.69) is 5.32 Å². The van der Waals surface area contributed by atoms with Gasteiger partial charge in [-0.25, -0.2) is 4.79 Å². The number of furan rings is 1. The summed E-state index contributed by atoms with van der Waals surface area (Å²) in [5, 5.41) is 3.65. The minimum atomic E-state index is -0.397. The third-order valence-corrected chi connectivity index (χ3v) is 3.41. The Bertz CT molecular complexity index is 862. The van der Waals surface area contributed by atoms with E-state index in [-0.39, 0.29) is 5.91 Å². The molecule has 5 nitrogen and oxygen atoms in total. The molecule has 0 saturated carbocycles. The van der Waals surface area contributed by atoms with Crippen LogP contribution in [0.5, 0.6) is 0 Å². The van der Waals surface area contributed by atoms with Gasteiger partial charge in [-0.3, -0.25) is 4.79 Å². The largest absolute Gasteiger partial charge is 0.469 e. The number of nitrogens with one attached hydrogen (secondary N) is 1. The molecule has 1 N–H and O–H groups in total. The topological polar surface area (TPSA) is 72.5 Å². The molecule has 0 aliphatic carbocycles. The first kappa shape index (κ1) is 14.1. The first-order valence-electron chi connectivity index (χ1n) is 6.98. The normalized spacial score (nSPS) is 10.8. The molecule has 3 rings (SSSR count). The predicted molar refractivity (Wildman–Crippen MR) is 82.9 cm³/mol. The van der Waals surface area contributed by atoms with Crippen LogP contribution in [0.4, 0.5) is 5.69 Å². The minimum absolute atomic E-state index is 0.120.